The number of guanidine groups is 1. The van der Waals surface area contributed by atoms with Gasteiger partial charge in [0, 0.05) is 10.6 Å². The minimum Gasteiger partial charge on any atom is -0.467 e. The molecule has 3 rings (SSSR count). The van der Waals surface area contributed by atoms with E-state index < -0.39 is 35.5 Å². The van der Waals surface area contributed by atoms with Gasteiger partial charge in [-0.2, -0.15) is 18.3 Å². The van der Waals surface area contributed by atoms with Crippen LogP contribution in [0.5, 0.6) is 0 Å². The van der Waals surface area contributed by atoms with Crippen molar-refractivity contribution >= 4 is 29.4 Å². The molecule has 1 amide bonds. The van der Waals surface area contributed by atoms with E-state index in [0.29, 0.717) is 5.56 Å². The van der Waals surface area contributed by atoms with Crippen molar-refractivity contribution in [1.82, 2.24) is 10.6 Å². The van der Waals surface area contributed by atoms with Crippen molar-refractivity contribution in [2.45, 2.75) is 18.8 Å². The summed E-state index contributed by atoms with van der Waals surface area (Å²) in [6, 6.07) is 6.24. The van der Waals surface area contributed by atoms with Crippen LogP contribution in [0.25, 0.3) is 0 Å². The van der Waals surface area contributed by atoms with Crippen molar-refractivity contribution in [1.29, 1.82) is 0 Å². The lowest BCUT2D eigenvalue weighted by molar-refractivity contribution is -0.141. The number of aliphatic imine (C=N–C) groups is 1. The Hall–Kier alpha value is -3.80. The van der Waals surface area contributed by atoms with Gasteiger partial charge in [-0.1, -0.05) is 17.7 Å². The van der Waals surface area contributed by atoms with Gasteiger partial charge in [0.1, 0.15) is 5.82 Å². The molecule has 1 aliphatic heterocycles. The molecule has 2 aromatic rings. The number of carbonyl (C=O) groups is 2. The number of nitrogens with one attached hydrogen (secondary N) is 2. The highest BCUT2D eigenvalue weighted by Gasteiger charge is 2.30. The van der Waals surface area contributed by atoms with Crippen LogP contribution < -0.4 is 10.6 Å². The van der Waals surface area contributed by atoms with Crippen molar-refractivity contribution in [3.05, 3.63) is 81.9 Å². The van der Waals surface area contributed by atoms with Crippen molar-refractivity contribution in [3.63, 3.8) is 0 Å². The Balaban J connectivity index is 1.81. The first kappa shape index (κ1) is 24.8. The van der Waals surface area contributed by atoms with E-state index >= 15 is 0 Å². The van der Waals surface area contributed by atoms with E-state index in [1.807, 2.05) is 0 Å². The van der Waals surface area contributed by atoms with E-state index in [4.69, 9.17) is 11.6 Å². The zero-order valence-electron chi connectivity index (χ0n) is 17.4. The van der Waals surface area contributed by atoms with Crippen LogP contribution in [-0.4, -0.2) is 31.0 Å². The number of hydrogen-bond acceptors (Lipinski definition) is 6. The van der Waals surface area contributed by atoms with E-state index in [2.05, 4.69) is 30.6 Å². The van der Waals surface area contributed by atoms with Gasteiger partial charge in [-0.05, 0) is 48.0 Å². The van der Waals surface area contributed by atoms with E-state index in [1.165, 1.54) is 25.3 Å². The fourth-order valence-corrected chi connectivity index (χ4v) is 2.91. The molecule has 34 heavy (non-hydrogen) atoms. The predicted molar refractivity (Wildman–Crippen MR) is 113 cm³/mol. The minimum absolute atomic E-state index is 0.0621. The second kappa shape index (κ2) is 10.4. The van der Waals surface area contributed by atoms with Crippen molar-refractivity contribution < 1.29 is 31.9 Å². The summed E-state index contributed by atoms with van der Waals surface area (Å²) in [5, 5.41) is 12.7. The Morgan fingerprint density at radius 1 is 1.18 bits per heavy atom. The number of methoxy groups -OCH3 is 1. The number of azo groups is 1. The Labute approximate surface area is 195 Å². The first-order valence-corrected chi connectivity index (χ1v) is 9.89. The van der Waals surface area contributed by atoms with Gasteiger partial charge in [0.2, 0.25) is 5.96 Å². The van der Waals surface area contributed by atoms with Gasteiger partial charge in [0.15, 0.2) is 11.9 Å². The predicted octanol–water partition coefficient (Wildman–Crippen LogP) is 4.22. The van der Waals surface area contributed by atoms with E-state index in [0.717, 1.165) is 30.3 Å². The van der Waals surface area contributed by atoms with E-state index in [-0.39, 0.29) is 28.9 Å². The van der Waals surface area contributed by atoms with Crippen LogP contribution >= 0.6 is 11.6 Å². The molecular weight excluding hydrogens is 482 g/mol. The van der Waals surface area contributed by atoms with Crippen LogP contribution in [0.2, 0.25) is 5.02 Å². The summed E-state index contributed by atoms with van der Waals surface area (Å²) < 4.78 is 56.2. The van der Waals surface area contributed by atoms with Gasteiger partial charge in [-0.15, -0.1) is 5.11 Å². The highest BCUT2D eigenvalue weighted by molar-refractivity contribution is 6.31. The van der Waals surface area contributed by atoms with E-state index in [9.17, 15) is 27.2 Å². The summed E-state index contributed by atoms with van der Waals surface area (Å²) in [4.78, 5) is 28.4. The van der Waals surface area contributed by atoms with Gasteiger partial charge < -0.3 is 10.1 Å². The molecule has 1 atom stereocenters. The molecule has 0 saturated carbocycles. The molecule has 1 unspecified atom stereocenters. The van der Waals surface area contributed by atoms with Gasteiger partial charge in [0.05, 0.1) is 19.2 Å². The Morgan fingerprint density at radius 2 is 1.88 bits per heavy atom. The first-order chi connectivity index (χ1) is 16.1. The topological polar surface area (TPSA) is 105 Å². The van der Waals surface area contributed by atoms with Gasteiger partial charge in [-0.3, -0.25) is 10.1 Å². The zero-order chi connectivity index (χ0) is 24.9. The monoisotopic (exact) mass is 497 g/mol. The summed E-state index contributed by atoms with van der Waals surface area (Å²) in [7, 11) is 1.18. The number of rotatable bonds is 5. The molecule has 0 bridgehead atoms. The molecule has 0 fully saturated rings. The maximum atomic E-state index is 13.3. The second-order valence-electron chi connectivity index (χ2n) is 6.79. The molecule has 8 nitrogen and oxygen atoms in total. The molecule has 0 aliphatic carbocycles. The number of amides is 1. The molecule has 2 N–H and O–H groups in total. The number of benzene rings is 2. The molecule has 2 aromatic carbocycles. The number of nitrogens with zero attached hydrogens (tertiary/aromatic N) is 3. The number of halogens is 5. The largest absolute Gasteiger partial charge is 0.467 e. The Morgan fingerprint density at radius 3 is 2.50 bits per heavy atom. The van der Waals surface area contributed by atoms with Crippen LogP contribution in [0.4, 0.5) is 17.6 Å². The average molecular weight is 498 g/mol. The van der Waals surface area contributed by atoms with Crippen molar-refractivity contribution in [2.24, 2.45) is 15.2 Å². The normalized spacial score (nSPS) is 15.6. The Bertz CT molecular complexity index is 1180. The standard InChI is InChI=1S/C21H16ClF4N5O3/c1-34-19(33)16-9-17(31-30-16)28-20(27-10-12-4-7-14(23)8-15(12)22)29-18(32)11-2-5-13(6-3-11)21(24,25)26/h2-9,16H,10H2,1H3,(H2,27,28,29,32). The van der Waals surface area contributed by atoms with Crippen LogP contribution in [0.15, 0.2) is 69.6 Å². The smallest absolute Gasteiger partial charge is 0.416 e. The average Bonchev–Trinajstić information content (AvgIpc) is 3.25. The molecule has 0 aromatic heterocycles. The lowest BCUT2D eigenvalue weighted by atomic mass is 10.1. The summed E-state index contributed by atoms with van der Waals surface area (Å²) in [5.41, 5.74) is -0.551. The molecule has 178 valence electrons. The van der Waals surface area contributed by atoms with Gasteiger partial charge in [-0.25, -0.2) is 14.2 Å². The fraction of sp³-hybridized carbons (Fsp3) is 0.190. The maximum Gasteiger partial charge on any atom is 0.416 e. The third kappa shape index (κ3) is 6.38. The molecule has 13 heteroatoms. The highest BCUT2D eigenvalue weighted by Crippen LogP contribution is 2.29. The molecule has 0 saturated heterocycles. The number of ether oxygens (including phenoxy) is 1. The number of alkyl halides is 3. The molecule has 1 heterocycles. The van der Waals surface area contributed by atoms with Crippen molar-refractivity contribution in [3.8, 4) is 0 Å². The molecule has 1 aliphatic rings. The third-order valence-electron chi connectivity index (χ3n) is 4.42. The number of esters is 1. The second-order valence-corrected chi connectivity index (χ2v) is 7.20. The molecular formula is C21H16ClF4N5O3. The Kier molecular flexibility index (Phi) is 7.61. The zero-order valence-corrected chi connectivity index (χ0v) is 18.1. The van der Waals surface area contributed by atoms with Crippen LogP contribution in [0.3, 0.4) is 0 Å². The molecule has 0 radical (unpaired) electrons. The fourth-order valence-electron chi connectivity index (χ4n) is 2.68. The maximum absolute atomic E-state index is 13.3. The van der Waals surface area contributed by atoms with Crippen LogP contribution in [0.1, 0.15) is 21.5 Å². The summed E-state index contributed by atoms with van der Waals surface area (Å²) in [6.07, 6.45) is -3.23. The number of hydrogen-bond donors (Lipinski definition) is 2. The van der Waals surface area contributed by atoms with Gasteiger partial charge in [0.25, 0.3) is 5.91 Å². The summed E-state index contributed by atoms with van der Waals surface area (Å²) >= 11 is 6.00. The lowest BCUT2D eigenvalue weighted by Gasteiger charge is -2.12. The summed E-state index contributed by atoms with van der Waals surface area (Å²) in [5.74, 6) is -2.08. The van der Waals surface area contributed by atoms with Crippen LogP contribution in [-0.2, 0) is 22.3 Å². The first-order valence-electron chi connectivity index (χ1n) is 9.51. The quantitative estimate of drug-likeness (QED) is 0.279. The molecule has 0 spiro atoms. The van der Waals surface area contributed by atoms with E-state index in [1.54, 1.807) is 0 Å². The third-order valence-corrected chi connectivity index (χ3v) is 4.78. The number of carbonyl (C=O) groups excluding carboxylic acids is 2. The van der Waals surface area contributed by atoms with Crippen molar-refractivity contribution in [2.75, 3.05) is 7.11 Å². The van der Waals surface area contributed by atoms with Crippen LogP contribution in [0, 0.1) is 5.82 Å². The van der Waals surface area contributed by atoms with Gasteiger partial charge >= 0.3 is 12.1 Å². The SMILES string of the molecule is COC(=O)C1C=C(NC(=NCc2ccc(F)cc2Cl)NC(=O)c2ccc(C(F)(F)F)cc2)N=N1. The highest BCUT2D eigenvalue weighted by atomic mass is 35.5. The minimum atomic E-state index is -4.55. The lowest BCUT2D eigenvalue weighted by Crippen LogP contribution is -2.40. The summed E-state index contributed by atoms with van der Waals surface area (Å²) in [6.45, 7) is -0.0976.